The molecule has 0 aliphatic heterocycles. The summed E-state index contributed by atoms with van der Waals surface area (Å²) in [6.07, 6.45) is 0. The first-order valence-electron chi connectivity index (χ1n) is 8.68. The highest BCUT2D eigenvalue weighted by Crippen LogP contribution is 2.44. The summed E-state index contributed by atoms with van der Waals surface area (Å²) in [6, 6.07) is 9.55. The molecule has 0 unspecified atom stereocenters. The molecule has 0 aromatic heterocycles. The van der Waals surface area contributed by atoms with Crippen LogP contribution in [0.5, 0.6) is 0 Å². The summed E-state index contributed by atoms with van der Waals surface area (Å²) in [4.78, 5) is 45.3. The van der Waals surface area contributed by atoms with Crippen molar-refractivity contribution in [1.29, 1.82) is 0 Å². The van der Waals surface area contributed by atoms with Gasteiger partial charge in [-0.05, 0) is 24.3 Å². The molecular weight excluding hydrogens is 463 g/mol. The smallest absolute Gasteiger partial charge is 0.270 e. The standard InChI is InChI=1S/C20H12Cl2N4O6/c21-15-7-9(25(29)30)1-3-11(15)17-13(19(23)27)5-6-14(20(24)28)18(17)12-4-2-10(26(31)32)8-16(12)22/h1-8H,(H2,23,27)(H2,24,28). The number of amides is 2. The molecular formula is C20H12Cl2N4O6. The second kappa shape index (κ2) is 8.61. The number of nitro groups is 2. The Morgan fingerprint density at radius 2 is 1.03 bits per heavy atom. The SMILES string of the molecule is NC(=O)c1ccc(C(N)=O)c(-c2ccc([N+](=O)[O-])cc2Cl)c1-c1ccc([N+](=O)[O-])cc1Cl. The number of benzene rings is 3. The highest BCUT2D eigenvalue weighted by atomic mass is 35.5. The molecule has 0 saturated carbocycles. The number of halogens is 2. The topological polar surface area (TPSA) is 172 Å². The average molecular weight is 475 g/mol. The van der Waals surface area contributed by atoms with Gasteiger partial charge in [0, 0.05) is 57.6 Å². The first kappa shape index (κ1) is 22.7. The van der Waals surface area contributed by atoms with Gasteiger partial charge in [-0.3, -0.25) is 29.8 Å². The molecule has 0 radical (unpaired) electrons. The highest BCUT2D eigenvalue weighted by Gasteiger charge is 2.26. The number of hydrogen-bond acceptors (Lipinski definition) is 6. The molecule has 0 atom stereocenters. The van der Waals surface area contributed by atoms with Gasteiger partial charge in [0.1, 0.15) is 0 Å². The van der Waals surface area contributed by atoms with Crippen LogP contribution in [0.4, 0.5) is 11.4 Å². The first-order valence-corrected chi connectivity index (χ1v) is 9.43. The van der Waals surface area contributed by atoms with Gasteiger partial charge < -0.3 is 11.5 Å². The lowest BCUT2D eigenvalue weighted by Crippen LogP contribution is -2.17. The molecule has 10 nitrogen and oxygen atoms in total. The van der Waals surface area contributed by atoms with Gasteiger partial charge in [0.05, 0.1) is 19.9 Å². The van der Waals surface area contributed by atoms with Crippen LogP contribution in [0.2, 0.25) is 10.0 Å². The van der Waals surface area contributed by atoms with E-state index in [1.165, 1.54) is 24.3 Å². The molecule has 0 heterocycles. The van der Waals surface area contributed by atoms with E-state index in [-0.39, 0.29) is 54.8 Å². The van der Waals surface area contributed by atoms with Crippen LogP contribution in [0.3, 0.4) is 0 Å². The molecule has 2 amide bonds. The van der Waals surface area contributed by atoms with Crippen LogP contribution in [-0.4, -0.2) is 21.7 Å². The van der Waals surface area contributed by atoms with Crippen molar-refractivity contribution >= 4 is 46.4 Å². The summed E-state index contributed by atoms with van der Waals surface area (Å²) in [5, 5.41) is 21.9. The van der Waals surface area contributed by atoms with Crippen molar-refractivity contribution in [2.45, 2.75) is 0 Å². The van der Waals surface area contributed by atoms with Gasteiger partial charge in [-0.1, -0.05) is 23.2 Å². The second-order valence-corrected chi connectivity index (χ2v) is 7.30. The first-order chi connectivity index (χ1) is 15.0. The van der Waals surface area contributed by atoms with E-state index in [1.807, 2.05) is 0 Å². The van der Waals surface area contributed by atoms with Gasteiger partial charge in [0.2, 0.25) is 11.8 Å². The molecule has 0 aliphatic rings. The van der Waals surface area contributed by atoms with E-state index >= 15 is 0 Å². The van der Waals surface area contributed by atoms with Crippen LogP contribution in [0, 0.1) is 20.2 Å². The van der Waals surface area contributed by atoms with Crippen LogP contribution in [-0.2, 0) is 0 Å². The van der Waals surface area contributed by atoms with Crippen molar-refractivity contribution in [2.24, 2.45) is 11.5 Å². The fraction of sp³-hybridized carbons (Fsp3) is 0. The number of nitro benzene ring substituents is 2. The number of rotatable bonds is 6. The lowest BCUT2D eigenvalue weighted by atomic mass is 9.86. The van der Waals surface area contributed by atoms with E-state index in [1.54, 1.807) is 0 Å². The Bertz CT molecular complexity index is 1230. The number of carbonyl (C=O) groups is 2. The monoisotopic (exact) mass is 474 g/mol. The van der Waals surface area contributed by atoms with Crippen molar-refractivity contribution in [3.63, 3.8) is 0 Å². The summed E-state index contributed by atoms with van der Waals surface area (Å²) in [7, 11) is 0. The average Bonchev–Trinajstić information content (AvgIpc) is 2.72. The highest BCUT2D eigenvalue weighted by molar-refractivity contribution is 6.35. The van der Waals surface area contributed by atoms with E-state index < -0.39 is 21.7 Å². The summed E-state index contributed by atoms with van der Waals surface area (Å²) in [5.41, 5.74) is 10.7. The van der Waals surface area contributed by atoms with Crippen molar-refractivity contribution in [3.8, 4) is 22.3 Å². The van der Waals surface area contributed by atoms with E-state index in [2.05, 4.69) is 0 Å². The summed E-state index contributed by atoms with van der Waals surface area (Å²) < 4.78 is 0. The van der Waals surface area contributed by atoms with E-state index in [4.69, 9.17) is 34.7 Å². The maximum Gasteiger partial charge on any atom is 0.270 e. The second-order valence-electron chi connectivity index (χ2n) is 6.48. The van der Waals surface area contributed by atoms with Gasteiger partial charge in [0.15, 0.2) is 0 Å². The number of carbonyl (C=O) groups excluding carboxylic acids is 2. The number of nitrogens with zero attached hydrogens (tertiary/aromatic N) is 2. The predicted octanol–water partition coefficient (Wildman–Crippen LogP) is 4.34. The van der Waals surface area contributed by atoms with Crippen molar-refractivity contribution in [3.05, 3.63) is 89.9 Å². The minimum atomic E-state index is -0.885. The zero-order valence-electron chi connectivity index (χ0n) is 15.9. The lowest BCUT2D eigenvalue weighted by Gasteiger charge is -2.19. The largest absolute Gasteiger partial charge is 0.366 e. The maximum atomic E-state index is 12.2. The summed E-state index contributed by atoms with van der Waals surface area (Å²) in [6.45, 7) is 0. The molecule has 162 valence electrons. The van der Waals surface area contributed by atoms with Crippen LogP contribution in [0.15, 0.2) is 48.5 Å². The number of nitrogens with two attached hydrogens (primary N) is 2. The van der Waals surface area contributed by atoms with Gasteiger partial charge in [-0.2, -0.15) is 0 Å². The van der Waals surface area contributed by atoms with Crippen molar-refractivity contribution in [1.82, 2.24) is 0 Å². The Balaban J connectivity index is 2.47. The van der Waals surface area contributed by atoms with E-state index in [0.29, 0.717) is 0 Å². The zero-order chi connectivity index (χ0) is 23.7. The Morgan fingerprint density at radius 1 is 0.688 bits per heavy atom. The molecule has 3 aromatic rings. The third-order valence-electron chi connectivity index (χ3n) is 4.60. The van der Waals surface area contributed by atoms with Gasteiger partial charge in [-0.15, -0.1) is 0 Å². The van der Waals surface area contributed by atoms with Crippen LogP contribution in [0.1, 0.15) is 20.7 Å². The van der Waals surface area contributed by atoms with E-state index in [0.717, 1.165) is 24.3 Å². The number of non-ortho nitro benzene ring substituents is 2. The zero-order valence-corrected chi connectivity index (χ0v) is 17.4. The fourth-order valence-electron chi connectivity index (χ4n) is 3.21. The third kappa shape index (κ3) is 4.09. The normalized spacial score (nSPS) is 10.6. The van der Waals surface area contributed by atoms with Gasteiger partial charge in [-0.25, -0.2) is 0 Å². The van der Waals surface area contributed by atoms with E-state index in [9.17, 15) is 29.8 Å². The molecule has 0 saturated heterocycles. The number of primary amides is 2. The fourth-order valence-corrected chi connectivity index (χ4v) is 3.75. The molecule has 4 N–H and O–H groups in total. The molecule has 32 heavy (non-hydrogen) atoms. The Labute approximate surface area is 189 Å². The lowest BCUT2D eigenvalue weighted by molar-refractivity contribution is -0.385. The van der Waals surface area contributed by atoms with Crippen molar-refractivity contribution < 1.29 is 19.4 Å². The Kier molecular flexibility index (Phi) is 6.10. The summed E-state index contributed by atoms with van der Waals surface area (Å²) >= 11 is 12.6. The Hall–Kier alpha value is -4.02. The maximum absolute atomic E-state index is 12.2. The quantitative estimate of drug-likeness (QED) is 0.396. The molecule has 0 fully saturated rings. The number of hydrogen-bond donors (Lipinski definition) is 2. The predicted molar refractivity (Wildman–Crippen MR) is 118 cm³/mol. The van der Waals surface area contributed by atoms with Crippen LogP contribution in [0.25, 0.3) is 22.3 Å². The van der Waals surface area contributed by atoms with Crippen molar-refractivity contribution in [2.75, 3.05) is 0 Å². The molecule has 3 aromatic carbocycles. The molecule has 0 spiro atoms. The molecule has 0 aliphatic carbocycles. The molecule has 0 bridgehead atoms. The summed E-state index contributed by atoms with van der Waals surface area (Å²) in [5.74, 6) is -1.77. The molecule has 3 rings (SSSR count). The van der Waals surface area contributed by atoms with Crippen LogP contribution >= 0.6 is 23.2 Å². The molecule has 12 heteroatoms. The van der Waals surface area contributed by atoms with Gasteiger partial charge in [0.25, 0.3) is 11.4 Å². The Morgan fingerprint density at radius 3 is 1.28 bits per heavy atom. The van der Waals surface area contributed by atoms with Gasteiger partial charge >= 0.3 is 0 Å². The minimum Gasteiger partial charge on any atom is -0.366 e. The third-order valence-corrected chi connectivity index (χ3v) is 5.23. The van der Waals surface area contributed by atoms with Crippen LogP contribution < -0.4 is 11.5 Å². The minimum absolute atomic E-state index is 0.0458.